The Kier molecular flexibility index (Phi) is 4.12. The highest BCUT2D eigenvalue weighted by molar-refractivity contribution is 6.16. The Morgan fingerprint density at radius 3 is 2.82 bits per heavy atom. The van der Waals surface area contributed by atoms with Gasteiger partial charge in [-0.2, -0.15) is 0 Å². The van der Waals surface area contributed by atoms with Crippen LogP contribution >= 0.6 is 0 Å². The second-order valence-electron chi connectivity index (χ2n) is 7.11. The molecule has 0 aliphatic heterocycles. The highest BCUT2D eigenvalue weighted by Gasteiger charge is 2.25. The standard InChI is InChI=1S/C21H20N6O/c28-21(24-12-15-6-8-22-9-7-15)17-16-3-1-2-10-27(16)20-18(17)19(25-13-26-20)23-11-14-4-5-14/h1-3,6-10,13-14H,4-5,11-12H2,(H,24,28)(H,23,25,26). The molecule has 7 heteroatoms. The van der Waals surface area contributed by atoms with Crippen molar-refractivity contribution in [2.45, 2.75) is 19.4 Å². The lowest BCUT2D eigenvalue weighted by atomic mass is 10.1. The SMILES string of the molecule is O=C(NCc1ccncc1)c1c2c(NCC3CC3)ncnc2n2ccccc12. The van der Waals surface area contributed by atoms with Gasteiger partial charge in [-0.05, 0) is 48.6 Å². The highest BCUT2D eigenvalue weighted by Crippen LogP contribution is 2.32. The smallest absolute Gasteiger partial charge is 0.254 e. The molecule has 1 aliphatic carbocycles. The van der Waals surface area contributed by atoms with Crippen molar-refractivity contribution in [1.29, 1.82) is 0 Å². The van der Waals surface area contributed by atoms with Crippen LogP contribution in [0.4, 0.5) is 5.82 Å². The van der Waals surface area contributed by atoms with Crippen molar-refractivity contribution in [2.24, 2.45) is 5.92 Å². The summed E-state index contributed by atoms with van der Waals surface area (Å²) in [6.45, 7) is 1.31. The summed E-state index contributed by atoms with van der Waals surface area (Å²) in [4.78, 5) is 26.1. The minimum atomic E-state index is -0.139. The summed E-state index contributed by atoms with van der Waals surface area (Å²) < 4.78 is 1.95. The first kappa shape index (κ1) is 16.7. The summed E-state index contributed by atoms with van der Waals surface area (Å²) in [7, 11) is 0. The van der Waals surface area contributed by atoms with Gasteiger partial charge in [0.05, 0.1) is 16.5 Å². The van der Waals surface area contributed by atoms with Gasteiger partial charge in [0.15, 0.2) is 5.65 Å². The minimum absolute atomic E-state index is 0.139. The molecule has 1 fully saturated rings. The van der Waals surface area contributed by atoms with Crippen LogP contribution in [0.2, 0.25) is 0 Å². The van der Waals surface area contributed by atoms with Crippen molar-refractivity contribution < 1.29 is 4.79 Å². The zero-order valence-corrected chi connectivity index (χ0v) is 15.3. The molecule has 28 heavy (non-hydrogen) atoms. The maximum atomic E-state index is 13.2. The fourth-order valence-electron chi connectivity index (χ4n) is 3.45. The van der Waals surface area contributed by atoms with Gasteiger partial charge in [0.2, 0.25) is 0 Å². The molecule has 0 atom stereocenters. The molecule has 1 aliphatic rings. The molecule has 7 nitrogen and oxygen atoms in total. The van der Waals surface area contributed by atoms with Crippen LogP contribution < -0.4 is 10.6 Å². The molecule has 0 radical (unpaired) electrons. The average Bonchev–Trinajstić information content (AvgIpc) is 3.51. The van der Waals surface area contributed by atoms with E-state index in [9.17, 15) is 4.79 Å². The van der Waals surface area contributed by atoms with Crippen LogP contribution in [0.25, 0.3) is 16.6 Å². The predicted molar refractivity (Wildman–Crippen MR) is 107 cm³/mol. The topological polar surface area (TPSA) is 84.2 Å². The Bertz CT molecular complexity index is 1150. The van der Waals surface area contributed by atoms with Crippen LogP contribution in [-0.2, 0) is 6.54 Å². The van der Waals surface area contributed by atoms with Crippen LogP contribution in [0.5, 0.6) is 0 Å². The Morgan fingerprint density at radius 1 is 1.14 bits per heavy atom. The van der Waals surface area contributed by atoms with E-state index in [4.69, 9.17) is 0 Å². The number of aromatic nitrogens is 4. The van der Waals surface area contributed by atoms with E-state index in [0.29, 0.717) is 18.0 Å². The quantitative estimate of drug-likeness (QED) is 0.543. The fraction of sp³-hybridized carbons (Fsp3) is 0.238. The van der Waals surface area contributed by atoms with Crippen LogP contribution in [0.3, 0.4) is 0 Å². The van der Waals surface area contributed by atoms with Gasteiger partial charge in [0.25, 0.3) is 5.91 Å². The maximum absolute atomic E-state index is 13.2. The molecule has 0 bridgehead atoms. The van der Waals surface area contributed by atoms with Crippen molar-refractivity contribution in [1.82, 2.24) is 24.7 Å². The molecule has 0 unspecified atom stereocenters. The molecular formula is C21H20N6O. The number of carbonyl (C=O) groups is 1. The van der Waals surface area contributed by atoms with E-state index >= 15 is 0 Å². The molecule has 4 heterocycles. The van der Waals surface area contributed by atoms with Gasteiger partial charge in [-0.25, -0.2) is 9.97 Å². The second-order valence-corrected chi connectivity index (χ2v) is 7.11. The number of pyridine rings is 2. The van der Waals surface area contributed by atoms with Gasteiger partial charge in [0.1, 0.15) is 12.1 Å². The number of rotatable bonds is 6. The molecule has 4 aromatic heterocycles. The molecule has 140 valence electrons. The lowest BCUT2D eigenvalue weighted by Crippen LogP contribution is -2.23. The van der Waals surface area contributed by atoms with Crippen molar-refractivity contribution in [2.75, 3.05) is 11.9 Å². The Balaban J connectivity index is 1.57. The predicted octanol–water partition coefficient (Wildman–Crippen LogP) is 3.03. The Labute approximate surface area is 161 Å². The van der Waals surface area contributed by atoms with E-state index in [1.807, 2.05) is 40.9 Å². The molecule has 1 amide bonds. The third-order valence-corrected chi connectivity index (χ3v) is 5.11. The van der Waals surface area contributed by atoms with E-state index in [1.54, 1.807) is 18.7 Å². The fourth-order valence-corrected chi connectivity index (χ4v) is 3.45. The minimum Gasteiger partial charge on any atom is -0.369 e. The van der Waals surface area contributed by atoms with Crippen molar-refractivity contribution in [3.05, 3.63) is 66.4 Å². The summed E-state index contributed by atoms with van der Waals surface area (Å²) in [5.74, 6) is 1.28. The van der Waals surface area contributed by atoms with Crippen LogP contribution in [-0.4, -0.2) is 31.8 Å². The molecular weight excluding hydrogens is 352 g/mol. The molecule has 5 rings (SSSR count). The monoisotopic (exact) mass is 372 g/mol. The number of nitrogens with zero attached hydrogens (tertiary/aromatic N) is 4. The lowest BCUT2D eigenvalue weighted by molar-refractivity contribution is 0.0954. The van der Waals surface area contributed by atoms with Gasteiger partial charge in [-0.1, -0.05) is 6.07 Å². The van der Waals surface area contributed by atoms with Gasteiger partial charge in [-0.3, -0.25) is 9.78 Å². The lowest BCUT2D eigenvalue weighted by Gasteiger charge is -2.08. The average molecular weight is 372 g/mol. The molecule has 2 N–H and O–H groups in total. The highest BCUT2D eigenvalue weighted by atomic mass is 16.1. The molecule has 0 spiro atoms. The van der Waals surface area contributed by atoms with Gasteiger partial charge >= 0.3 is 0 Å². The van der Waals surface area contributed by atoms with Crippen LogP contribution in [0.1, 0.15) is 28.8 Å². The molecule has 0 saturated heterocycles. The van der Waals surface area contributed by atoms with Crippen molar-refractivity contribution in [3.63, 3.8) is 0 Å². The largest absolute Gasteiger partial charge is 0.369 e. The number of hydrogen-bond acceptors (Lipinski definition) is 5. The van der Waals surface area contributed by atoms with E-state index < -0.39 is 0 Å². The maximum Gasteiger partial charge on any atom is 0.254 e. The molecule has 4 aromatic rings. The van der Waals surface area contributed by atoms with E-state index in [2.05, 4.69) is 25.6 Å². The summed E-state index contributed by atoms with van der Waals surface area (Å²) in [6, 6.07) is 9.58. The summed E-state index contributed by atoms with van der Waals surface area (Å²) in [6.07, 6.45) is 9.41. The molecule has 1 saturated carbocycles. The van der Waals surface area contributed by atoms with Crippen LogP contribution in [0.15, 0.2) is 55.2 Å². The summed E-state index contributed by atoms with van der Waals surface area (Å²) >= 11 is 0. The van der Waals surface area contributed by atoms with Gasteiger partial charge < -0.3 is 15.0 Å². The Hall–Kier alpha value is -3.48. The van der Waals surface area contributed by atoms with E-state index in [-0.39, 0.29) is 5.91 Å². The number of carbonyl (C=O) groups excluding carboxylic acids is 1. The van der Waals surface area contributed by atoms with E-state index in [0.717, 1.165) is 34.5 Å². The Morgan fingerprint density at radius 2 is 2.00 bits per heavy atom. The first-order valence-corrected chi connectivity index (χ1v) is 9.46. The normalized spacial score (nSPS) is 13.7. The van der Waals surface area contributed by atoms with Crippen LogP contribution in [0, 0.1) is 5.92 Å². The number of amides is 1. The van der Waals surface area contributed by atoms with Crippen molar-refractivity contribution in [3.8, 4) is 0 Å². The number of hydrogen-bond donors (Lipinski definition) is 2. The molecule has 0 aromatic carbocycles. The van der Waals surface area contributed by atoms with Crippen molar-refractivity contribution >= 4 is 28.3 Å². The number of nitrogens with one attached hydrogen (secondary N) is 2. The first-order chi connectivity index (χ1) is 13.8. The zero-order chi connectivity index (χ0) is 18.9. The third kappa shape index (κ3) is 3.05. The summed E-state index contributed by atoms with van der Waals surface area (Å²) in [5, 5.41) is 7.22. The number of fused-ring (bicyclic) bond motifs is 3. The third-order valence-electron chi connectivity index (χ3n) is 5.11. The van der Waals surface area contributed by atoms with Gasteiger partial charge in [0, 0.05) is 31.7 Å². The zero-order valence-electron chi connectivity index (χ0n) is 15.3. The number of anilines is 1. The van der Waals surface area contributed by atoms with E-state index in [1.165, 1.54) is 12.8 Å². The first-order valence-electron chi connectivity index (χ1n) is 9.46. The second kappa shape index (κ2) is 6.92. The van der Waals surface area contributed by atoms with Gasteiger partial charge in [-0.15, -0.1) is 0 Å². The summed E-state index contributed by atoms with van der Waals surface area (Å²) in [5.41, 5.74) is 3.15.